The number of rotatable bonds is 7. The Morgan fingerprint density at radius 1 is 1.21 bits per heavy atom. The van der Waals surface area contributed by atoms with Gasteiger partial charge in [-0.2, -0.15) is 0 Å². The molecule has 0 amide bonds. The van der Waals surface area contributed by atoms with Crippen LogP contribution < -0.4 is 11.2 Å². The van der Waals surface area contributed by atoms with Crippen molar-refractivity contribution in [2.45, 2.75) is 39.2 Å². The minimum atomic E-state index is -0.516. The van der Waals surface area contributed by atoms with Crippen LogP contribution in [0, 0.1) is 0 Å². The Kier molecular flexibility index (Phi) is 6.51. The number of nitrogens with zero attached hydrogens (tertiary/aromatic N) is 4. The Labute approximate surface area is 178 Å². The zero-order valence-electron chi connectivity index (χ0n) is 16.9. The lowest BCUT2D eigenvalue weighted by molar-refractivity contribution is 0.150. The lowest BCUT2D eigenvalue weighted by Crippen LogP contribution is -2.38. The van der Waals surface area contributed by atoms with Crippen LogP contribution in [-0.2, 0) is 18.2 Å². The summed E-state index contributed by atoms with van der Waals surface area (Å²) in [5.74, 6) is 0.719. The van der Waals surface area contributed by atoms with Gasteiger partial charge in [0.25, 0.3) is 5.56 Å². The summed E-state index contributed by atoms with van der Waals surface area (Å²) in [7, 11) is 3.09. The summed E-state index contributed by atoms with van der Waals surface area (Å²) in [5.41, 5.74) is 0.170. The van der Waals surface area contributed by atoms with E-state index < -0.39 is 11.2 Å². The lowest BCUT2D eigenvalue weighted by atomic mass is 10.1. The highest BCUT2D eigenvalue weighted by Crippen LogP contribution is 2.28. The average molecular weight is 439 g/mol. The number of halogens is 2. The molecule has 0 spiro atoms. The first kappa shape index (κ1) is 21.6. The Balaban J connectivity index is 2.47. The number of aryl methyl sites for hydroxylation is 1. The molecule has 156 valence electrons. The molecule has 0 radical (unpaired) electrons. The van der Waals surface area contributed by atoms with Crippen LogP contribution >= 0.6 is 23.2 Å². The van der Waals surface area contributed by atoms with Crippen LogP contribution in [0.2, 0.25) is 10.0 Å². The highest BCUT2D eigenvalue weighted by atomic mass is 35.5. The number of benzene rings is 1. The van der Waals surface area contributed by atoms with Crippen molar-refractivity contribution in [2.75, 3.05) is 13.7 Å². The maximum Gasteiger partial charge on any atom is 0.337 e. The Morgan fingerprint density at radius 2 is 1.93 bits per heavy atom. The van der Waals surface area contributed by atoms with E-state index in [0.717, 1.165) is 23.2 Å². The van der Waals surface area contributed by atoms with Gasteiger partial charge in [-0.1, -0.05) is 43.5 Å². The number of fused-ring (bicyclic) bond motifs is 1. The van der Waals surface area contributed by atoms with Gasteiger partial charge in [-0.05, 0) is 24.6 Å². The van der Waals surface area contributed by atoms with E-state index in [1.165, 1.54) is 11.6 Å². The first-order valence-electron chi connectivity index (χ1n) is 9.52. The number of methoxy groups -OCH3 is 1. The first-order chi connectivity index (χ1) is 13.8. The third-order valence-corrected chi connectivity index (χ3v) is 5.51. The van der Waals surface area contributed by atoms with Gasteiger partial charge in [-0.25, -0.2) is 14.3 Å². The molecular formula is C20H24Cl2N4O3. The number of ether oxygens (including phenoxy) is 1. The molecule has 0 aliphatic heterocycles. The maximum atomic E-state index is 13.1. The summed E-state index contributed by atoms with van der Waals surface area (Å²) in [4.78, 5) is 30.8. The summed E-state index contributed by atoms with van der Waals surface area (Å²) in [6, 6.07) is 4.79. The van der Waals surface area contributed by atoms with Crippen molar-refractivity contribution in [1.29, 1.82) is 0 Å². The van der Waals surface area contributed by atoms with Crippen molar-refractivity contribution in [3.8, 4) is 5.69 Å². The van der Waals surface area contributed by atoms with Gasteiger partial charge in [-0.3, -0.25) is 9.36 Å². The predicted molar refractivity (Wildman–Crippen MR) is 116 cm³/mol. The highest BCUT2D eigenvalue weighted by molar-refractivity contribution is 6.35. The van der Waals surface area contributed by atoms with Crippen molar-refractivity contribution < 1.29 is 4.74 Å². The van der Waals surface area contributed by atoms with Gasteiger partial charge in [0.1, 0.15) is 5.82 Å². The monoisotopic (exact) mass is 438 g/mol. The van der Waals surface area contributed by atoms with Crippen LogP contribution in [0.15, 0.2) is 27.8 Å². The van der Waals surface area contributed by atoms with Gasteiger partial charge in [0.15, 0.2) is 11.2 Å². The standard InChI is InChI=1S/C20H24Cl2N4O3/c1-5-7-13(11-29-4)25-16(6-2)23-18-17(25)19(27)24(3)20(28)26(18)15-9-8-12(21)10-14(15)22/h8-10,13H,5-7,11H2,1-4H3. The minimum absolute atomic E-state index is 0.0655. The van der Waals surface area contributed by atoms with Crippen molar-refractivity contribution >= 4 is 34.4 Å². The van der Waals surface area contributed by atoms with E-state index in [-0.39, 0.29) is 11.7 Å². The highest BCUT2D eigenvalue weighted by Gasteiger charge is 2.25. The Bertz CT molecular complexity index is 1160. The molecular weight excluding hydrogens is 415 g/mol. The molecule has 1 atom stereocenters. The molecule has 0 N–H and O–H groups in total. The lowest BCUT2D eigenvalue weighted by Gasteiger charge is -2.20. The summed E-state index contributed by atoms with van der Waals surface area (Å²) in [6.07, 6.45) is 2.33. The summed E-state index contributed by atoms with van der Waals surface area (Å²) in [5, 5.41) is 0.755. The van der Waals surface area contributed by atoms with E-state index in [1.54, 1.807) is 25.3 Å². The van der Waals surface area contributed by atoms with Crippen LogP contribution in [0.1, 0.15) is 38.6 Å². The SMILES string of the molecule is CCCC(COC)n1c(CC)nc2c1c(=O)n(C)c(=O)n2-c1ccc(Cl)cc1Cl. The third kappa shape index (κ3) is 3.74. The molecule has 3 rings (SSSR count). The molecule has 0 fully saturated rings. The first-order valence-corrected chi connectivity index (χ1v) is 10.3. The third-order valence-electron chi connectivity index (χ3n) is 4.98. The molecule has 2 aromatic heterocycles. The zero-order chi connectivity index (χ0) is 21.3. The fraction of sp³-hybridized carbons (Fsp3) is 0.450. The van der Waals surface area contributed by atoms with E-state index in [4.69, 9.17) is 27.9 Å². The van der Waals surface area contributed by atoms with Gasteiger partial charge < -0.3 is 9.30 Å². The largest absolute Gasteiger partial charge is 0.383 e. The van der Waals surface area contributed by atoms with Crippen molar-refractivity contribution in [3.63, 3.8) is 0 Å². The van der Waals surface area contributed by atoms with Gasteiger partial charge in [0.05, 0.1) is 23.4 Å². The molecule has 0 aliphatic carbocycles. The molecule has 1 unspecified atom stereocenters. The van der Waals surface area contributed by atoms with E-state index in [1.807, 2.05) is 11.5 Å². The number of imidazole rings is 1. The van der Waals surface area contributed by atoms with E-state index in [2.05, 4.69) is 11.9 Å². The predicted octanol–water partition coefficient (Wildman–Crippen LogP) is 3.74. The number of hydrogen-bond acceptors (Lipinski definition) is 4. The van der Waals surface area contributed by atoms with Crippen LogP contribution in [0.5, 0.6) is 0 Å². The topological polar surface area (TPSA) is 71.1 Å². The van der Waals surface area contributed by atoms with Gasteiger partial charge in [-0.15, -0.1) is 0 Å². The Morgan fingerprint density at radius 3 is 2.52 bits per heavy atom. The van der Waals surface area contributed by atoms with Gasteiger partial charge in [0.2, 0.25) is 0 Å². The normalized spacial score (nSPS) is 12.6. The molecule has 0 aliphatic rings. The smallest absolute Gasteiger partial charge is 0.337 e. The van der Waals surface area contributed by atoms with Gasteiger partial charge in [0, 0.05) is 25.6 Å². The molecule has 9 heteroatoms. The molecule has 29 heavy (non-hydrogen) atoms. The zero-order valence-corrected chi connectivity index (χ0v) is 18.4. The maximum absolute atomic E-state index is 13.1. The summed E-state index contributed by atoms with van der Waals surface area (Å²) < 4.78 is 9.79. The fourth-order valence-corrected chi connectivity index (χ4v) is 4.13. The van der Waals surface area contributed by atoms with Crippen LogP contribution in [0.3, 0.4) is 0 Å². The van der Waals surface area contributed by atoms with Crippen LogP contribution in [0.25, 0.3) is 16.9 Å². The number of hydrogen-bond donors (Lipinski definition) is 0. The molecule has 0 saturated carbocycles. The van der Waals surface area contributed by atoms with E-state index in [9.17, 15) is 9.59 Å². The second kappa shape index (κ2) is 8.73. The molecule has 7 nitrogen and oxygen atoms in total. The number of aromatic nitrogens is 4. The average Bonchev–Trinajstić information content (AvgIpc) is 3.07. The van der Waals surface area contributed by atoms with E-state index in [0.29, 0.717) is 34.3 Å². The van der Waals surface area contributed by atoms with Crippen LogP contribution in [-0.4, -0.2) is 32.4 Å². The van der Waals surface area contributed by atoms with Crippen LogP contribution in [0.4, 0.5) is 0 Å². The molecule has 2 heterocycles. The molecule has 1 aromatic carbocycles. The quantitative estimate of drug-likeness (QED) is 0.563. The summed E-state index contributed by atoms with van der Waals surface area (Å²) in [6.45, 7) is 4.49. The second-order valence-electron chi connectivity index (χ2n) is 6.90. The molecule has 3 aromatic rings. The second-order valence-corrected chi connectivity index (χ2v) is 7.74. The summed E-state index contributed by atoms with van der Waals surface area (Å²) >= 11 is 12.4. The van der Waals surface area contributed by atoms with Crippen molar-refractivity contribution in [1.82, 2.24) is 18.7 Å². The minimum Gasteiger partial charge on any atom is -0.383 e. The molecule has 0 saturated heterocycles. The van der Waals surface area contributed by atoms with Crippen molar-refractivity contribution in [2.24, 2.45) is 7.05 Å². The van der Waals surface area contributed by atoms with Crippen molar-refractivity contribution in [3.05, 3.63) is 54.9 Å². The molecule has 0 bridgehead atoms. The van der Waals surface area contributed by atoms with E-state index >= 15 is 0 Å². The Hall–Kier alpha value is -2.09. The van der Waals surface area contributed by atoms with Gasteiger partial charge >= 0.3 is 5.69 Å². The fourth-order valence-electron chi connectivity index (χ4n) is 3.64.